The number of ether oxygens (including phenoxy) is 1. The van der Waals surface area contributed by atoms with Gasteiger partial charge in [0.25, 0.3) is 0 Å². The number of halogens is 1. The molecule has 0 aliphatic carbocycles. The quantitative estimate of drug-likeness (QED) is 0.759. The van der Waals surface area contributed by atoms with Crippen molar-refractivity contribution in [3.05, 3.63) is 18.3 Å². The minimum Gasteiger partial charge on any atom is -0.471 e. The Morgan fingerprint density at radius 1 is 1.65 bits per heavy atom. The first-order valence-electron chi connectivity index (χ1n) is 5.57. The van der Waals surface area contributed by atoms with E-state index in [0.29, 0.717) is 12.4 Å². The molecule has 1 aliphatic rings. The van der Waals surface area contributed by atoms with Crippen molar-refractivity contribution in [3.63, 3.8) is 0 Å². The number of alkyl halides is 1. The fraction of sp³-hybridized carbons (Fsp3) is 0.545. The van der Waals surface area contributed by atoms with Crippen molar-refractivity contribution in [1.82, 2.24) is 15.1 Å². The van der Waals surface area contributed by atoms with E-state index in [9.17, 15) is 4.79 Å². The minimum absolute atomic E-state index is 0.0207. The molecular formula is C11H14ClN3O2. The van der Waals surface area contributed by atoms with Crippen molar-refractivity contribution < 1.29 is 9.53 Å². The maximum Gasteiger partial charge on any atom is 0.237 e. The fourth-order valence-electron chi connectivity index (χ4n) is 1.87. The zero-order chi connectivity index (χ0) is 12.1. The van der Waals surface area contributed by atoms with Crippen molar-refractivity contribution in [2.45, 2.75) is 18.9 Å². The second kappa shape index (κ2) is 5.82. The van der Waals surface area contributed by atoms with Crippen LogP contribution in [0.5, 0.6) is 5.88 Å². The Morgan fingerprint density at radius 2 is 2.53 bits per heavy atom. The summed E-state index contributed by atoms with van der Waals surface area (Å²) in [6, 6.07) is 3.53. The minimum atomic E-state index is -0.0425. The lowest BCUT2D eigenvalue weighted by molar-refractivity contribution is -0.131. The van der Waals surface area contributed by atoms with Gasteiger partial charge in [0.2, 0.25) is 11.8 Å². The lowest BCUT2D eigenvalue weighted by Crippen LogP contribution is -2.45. The summed E-state index contributed by atoms with van der Waals surface area (Å²) >= 11 is 5.54. The summed E-state index contributed by atoms with van der Waals surface area (Å²) in [7, 11) is 0. The first-order valence-corrected chi connectivity index (χ1v) is 6.11. The van der Waals surface area contributed by atoms with Crippen LogP contribution in [0, 0.1) is 0 Å². The van der Waals surface area contributed by atoms with Crippen LogP contribution in [0.2, 0.25) is 0 Å². The fourth-order valence-corrected chi connectivity index (χ4v) is 2.04. The Kier molecular flexibility index (Phi) is 4.14. The van der Waals surface area contributed by atoms with Gasteiger partial charge < -0.3 is 9.64 Å². The summed E-state index contributed by atoms with van der Waals surface area (Å²) in [4.78, 5) is 13.2. The molecule has 17 heavy (non-hydrogen) atoms. The number of piperidine rings is 1. The van der Waals surface area contributed by atoms with Crippen LogP contribution >= 0.6 is 11.6 Å². The molecule has 1 atom stereocenters. The third-order valence-corrected chi connectivity index (χ3v) is 2.91. The van der Waals surface area contributed by atoms with Gasteiger partial charge >= 0.3 is 0 Å². The van der Waals surface area contributed by atoms with Gasteiger partial charge in [0, 0.05) is 18.8 Å². The van der Waals surface area contributed by atoms with Crippen molar-refractivity contribution in [2.75, 3.05) is 19.0 Å². The van der Waals surface area contributed by atoms with Crippen LogP contribution in [0.1, 0.15) is 12.8 Å². The van der Waals surface area contributed by atoms with Crippen LogP contribution in [0.4, 0.5) is 0 Å². The molecule has 0 spiro atoms. The molecule has 1 unspecified atom stereocenters. The summed E-state index contributed by atoms with van der Waals surface area (Å²) in [5, 5.41) is 7.60. The molecule has 1 saturated heterocycles. The molecule has 92 valence electrons. The van der Waals surface area contributed by atoms with Gasteiger partial charge in [0.1, 0.15) is 12.0 Å². The van der Waals surface area contributed by atoms with E-state index < -0.39 is 0 Å². The molecule has 2 rings (SSSR count). The van der Waals surface area contributed by atoms with Crippen molar-refractivity contribution >= 4 is 17.5 Å². The number of nitrogens with zero attached hydrogens (tertiary/aromatic N) is 3. The van der Waals surface area contributed by atoms with Gasteiger partial charge in [-0.15, -0.1) is 16.7 Å². The average Bonchev–Trinajstić information content (AvgIpc) is 2.39. The molecule has 5 nitrogen and oxygen atoms in total. The normalized spacial score (nSPS) is 20.1. The first kappa shape index (κ1) is 12.1. The first-order chi connectivity index (χ1) is 8.29. The monoisotopic (exact) mass is 255 g/mol. The van der Waals surface area contributed by atoms with Gasteiger partial charge in [-0.1, -0.05) is 0 Å². The molecule has 0 N–H and O–H groups in total. The number of hydrogen-bond donors (Lipinski definition) is 0. The highest BCUT2D eigenvalue weighted by molar-refractivity contribution is 6.27. The van der Waals surface area contributed by atoms with E-state index in [1.54, 1.807) is 23.2 Å². The van der Waals surface area contributed by atoms with E-state index in [2.05, 4.69) is 10.2 Å². The zero-order valence-electron chi connectivity index (χ0n) is 9.38. The topological polar surface area (TPSA) is 55.3 Å². The van der Waals surface area contributed by atoms with Crippen LogP contribution in [0.15, 0.2) is 18.3 Å². The summed E-state index contributed by atoms with van der Waals surface area (Å²) in [5.41, 5.74) is 0. The van der Waals surface area contributed by atoms with Gasteiger partial charge in [0.15, 0.2) is 0 Å². The predicted octanol–water partition coefficient (Wildman–Crippen LogP) is 1.09. The van der Waals surface area contributed by atoms with E-state index in [-0.39, 0.29) is 17.9 Å². The second-order valence-corrected chi connectivity index (χ2v) is 4.18. The number of carbonyl (C=O) groups is 1. The molecule has 0 bridgehead atoms. The van der Waals surface area contributed by atoms with E-state index in [0.717, 1.165) is 19.4 Å². The molecule has 1 fully saturated rings. The molecular weight excluding hydrogens is 242 g/mol. The molecule has 0 saturated carbocycles. The number of amides is 1. The van der Waals surface area contributed by atoms with Gasteiger partial charge in [-0.25, -0.2) is 0 Å². The van der Waals surface area contributed by atoms with Crippen LogP contribution in [-0.4, -0.2) is 46.1 Å². The number of likely N-dealkylation sites (tertiary alicyclic amines) is 1. The summed E-state index contributed by atoms with van der Waals surface area (Å²) in [6.45, 7) is 1.33. The molecule has 1 aromatic heterocycles. The van der Waals surface area contributed by atoms with Crippen molar-refractivity contribution in [2.24, 2.45) is 0 Å². The Bertz CT molecular complexity index is 374. The summed E-state index contributed by atoms with van der Waals surface area (Å²) in [5.74, 6) is 0.481. The highest BCUT2D eigenvalue weighted by Crippen LogP contribution is 2.16. The van der Waals surface area contributed by atoms with Crippen LogP contribution in [0.3, 0.4) is 0 Å². The lowest BCUT2D eigenvalue weighted by atomic mass is 10.1. The van der Waals surface area contributed by atoms with E-state index in [1.807, 2.05) is 0 Å². The highest BCUT2D eigenvalue weighted by atomic mass is 35.5. The Hall–Kier alpha value is -1.36. The smallest absolute Gasteiger partial charge is 0.237 e. The Balaban J connectivity index is 1.92. The molecule has 0 radical (unpaired) electrons. The number of hydrogen-bond acceptors (Lipinski definition) is 4. The SMILES string of the molecule is O=C(CCl)N1CCCC(Oc2cccnn2)C1. The van der Waals surface area contributed by atoms with Gasteiger partial charge in [-0.2, -0.15) is 5.10 Å². The van der Waals surface area contributed by atoms with Crippen molar-refractivity contribution in [3.8, 4) is 5.88 Å². The predicted molar refractivity (Wildman–Crippen MR) is 63.0 cm³/mol. The molecule has 1 aliphatic heterocycles. The molecule has 2 heterocycles. The molecule has 1 amide bonds. The van der Waals surface area contributed by atoms with Crippen molar-refractivity contribution in [1.29, 1.82) is 0 Å². The number of carbonyl (C=O) groups excluding carboxylic acids is 1. The molecule has 1 aromatic rings. The van der Waals surface area contributed by atoms with Crippen LogP contribution in [-0.2, 0) is 4.79 Å². The van der Waals surface area contributed by atoms with E-state index >= 15 is 0 Å². The standard InChI is InChI=1S/C11H14ClN3O2/c12-7-11(16)15-6-2-3-9(8-15)17-10-4-1-5-13-14-10/h1,4-5,9H,2-3,6-8H2. The molecule has 0 aromatic carbocycles. The van der Waals surface area contributed by atoms with Crippen LogP contribution < -0.4 is 4.74 Å². The Labute approximate surface area is 105 Å². The van der Waals surface area contributed by atoms with E-state index in [4.69, 9.17) is 16.3 Å². The third kappa shape index (κ3) is 3.30. The third-order valence-electron chi connectivity index (χ3n) is 2.68. The lowest BCUT2D eigenvalue weighted by Gasteiger charge is -2.32. The number of aromatic nitrogens is 2. The summed E-state index contributed by atoms with van der Waals surface area (Å²) < 4.78 is 5.67. The zero-order valence-corrected chi connectivity index (χ0v) is 10.1. The maximum atomic E-state index is 11.5. The largest absolute Gasteiger partial charge is 0.471 e. The summed E-state index contributed by atoms with van der Waals surface area (Å²) in [6.07, 6.45) is 3.42. The maximum absolute atomic E-state index is 11.5. The van der Waals surface area contributed by atoms with Crippen LogP contribution in [0.25, 0.3) is 0 Å². The van der Waals surface area contributed by atoms with Gasteiger partial charge in [-0.05, 0) is 18.9 Å². The second-order valence-electron chi connectivity index (χ2n) is 3.92. The van der Waals surface area contributed by atoms with E-state index in [1.165, 1.54) is 0 Å². The van der Waals surface area contributed by atoms with Gasteiger partial charge in [0.05, 0.1) is 6.54 Å². The average molecular weight is 256 g/mol. The van der Waals surface area contributed by atoms with Gasteiger partial charge in [-0.3, -0.25) is 4.79 Å². The number of rotatable bonds is 3. The Morgan fingerprint density at radius 3 is 3.24 bits per heavy atom. The molecule has 6 heteroatoms. The highest BCUT2D eigenvalue weighted by Gasteiger charge is 2.24.